The smallest absolute Gasteiger partial charge is 0.378 e. The molecule has 1 aromatic heterocycles. The second kappa shape index (κ2) is 6.45. The molecule has 0 spiro atoms. The Morgan fingerprint density at radius 3 is 2.43 bits per heavy atom. The van der Waals surface area contributed by atoms with Gasteiger partial charge in [-0.2, -0.15) is 13.2 Å². The molecule has 23 heavy (non-hydrogen) atoms. The number of alkyl halides is 3. The van der Waals surface area contributed by atoms with E-state index in [1.807, 2.05) is 0 Å². The first-order valence-corrected chi connectivity index (χ1v) is 6.88. The molecule has 0 bridgehead atoms. The highest BCUT2D eigenvalue weighted by molar-refractivity contribution is 6.29. The van der Waals surface area contributed by atoms with E-state index >= 15 is 0 Å². The van der Waals surface area contributed by atoms with E-state index < -0.39 is 17.6 Å². The molecule has 4 nitrogen and oxygen atoms in total. The van der Waals surface area contributed by atoms with Crippen LogP contribution >= 0.6 is 11.6 Å². The molecule has 122 valence electrons. The van der Waals surface area contributed by atoms with Crippen molar-refractivity contribution in [3.63, 3.8) is 0 Å². The topological polar surface area (TPSA) is 45.2 Å². The van der Waals surface area contributed by atoms with Crippen molar-refractivity contribution in [2.75, 3.05) is 24.3 Å². The molecule has 1 heterocycles. The second-order valence-corrected chi connectivity index (χ2v) is 5.33. The highest BCUT2D eigenvalue weighted by Gasteiger charge is 2.34. The van der Waals surface area contributed by atoms with Crippen molar-refractivity contribution in [2.24, 2.45) is 0 Å². The van der Waals surface area contributed by atoms with Gasteiger partial charge in [0.15, 0.2) is 0 Å². The molecule has 0 saturated heterocycles. The zero-order valence-electron chi connectivity index (χ0n) is 12.3. The number of carbonyl (C=O) groups is 1. The number of rotatable bonds is 3. The van der Waals surface area contributed by atoms with Crippen LogP contribution in [0.25, 0.3) is 0 Å². The Morgan fingerprint density at radius 2 is 1.91 bits per heavy atom. The Labute approximate surface area is 135 Å². The lowest BCUT2D eigenvalue weighted by atomic mass is 10.1. The van der Waals surface area contributed by atoms with Crippen LogP contribution in [0.4, 0.5) is 24.5 Å². The monoisotopic (exact) mass is 343 g/mol. The molecule has 1 aromatic carbocycles. The maximum Gasteiger partial charge on any atom is 0.418 e. The van der Waals surface area contributed by atoms with Gasteiger partial charge in [-0.3, -0.25) is 4.79 Å². The van der Waals surface area contributed by atoms with E-state index in [2.05, 4.69) is 10.3 Å². The van der Waals surface area contributed by atoms with Gasteiger partial charge in [0.25, 0.3) is 5.91 Å². The number of halogens is 4. The van der Waals surface area contributed by atoms with Gasteiger partial charge >= 0.3 is 6.18 Å². The summed E-state index contributed by atoms with van der Waals surface area (Å²) >= 11 is 5.61. The normalized spacial score (nSPS) is 11.2. The molecular formula is C15H13ClF3N3O. The Bertz CT molecular complexity index is 715. The summed E-state index contributed by atoms with van der Waals surface area (Å²) < 4.78 is 39.6. The summed E-state index contributed by atoms with van der Waals surface area (Å²) in [6.45, 7) is 0. The summed E-state index contributed by atoms with van der Waals surface area (Å²) in [5, 5.41) is 2.45. The summed E-state index contributed by atoms with van der Waals surface area (Å²) in [6, 6.07) is 6.46. The third kappa shape index (κ3) is 4.13. The number of hydrogen-bond donors (Lipinski definition) is 1. The number of pyridine rings is 1. The van der Waals surface area contributed by atoms with Crippen molar-refractivity contribution < 1.29 is 18.0 Å². The SMILES string of the molecule is CN(C)c1ccc(NC(=O)c2ccc(Cl)nc2)c(C(F)(F)F)c1. The van der Waals surface area contributed by atoms with Gasteiger partial charge in [-0.05, 0) is 30.3 Å². The van der Waals surface area contributed by atoms with E-state index in [0.717, 1.165) is 6.07 Å². The maximum atomic E-state index is 13.2. The number of nitrogens with one attached hydrogen (secondary N) is 1. The minimum Gasteiger partial charge on any atom is -0.378 e. The molecule has 2 aromatic rings. The maximum absolute atomic E-state index is 13.2. The molecule has 0 unspecified atom stereocenters. The first-order valence-electron chi connectivity index (χ1n) is 6.50. The van der Waals surface area contributed by atoms with Crippen molar-refractivity contribution in [2.45, 2.75) is 6.18 Å². The molecule has 1 N–H and O–H groups in total. The Morgan fingerprint density at radius 1 is 1.22 bits per heavy atom. The first-order chi connectivity index (χ1) is 10.7. The summed E-state index contributed by atoms with van der Waals surface area (Å²) in [6.07, 6.45) is -3.40. The third-order valence-electron chi connectivity index (χ3n) is 3.06. The summed E-state index contributed by atoms with van der Waals surface area (Å²) in [4.78, 5) is 17.3. The average molecular weight is 344 g/mol. The number of anilines is 2. The van der Waals surface area contributed by atoms with Crippen molar-refractivity contribution in [1.29, 1.82) is 0 Å². The van der Waals surface area contributed by atoms with Crippen LogP contribution in [-0.4, -0.2) is 25.0 Å². The van der Waals surface area contributed by atoms with E-state index in [0.29, 0.717) is 5.69 Å². The van der Waals surface area contributed by atoms with E-state index in [1.165, 1.54) is 30.5 Å². The average Bonchev–Trinajstić information content (AvgIpc) is 2.46. The predicted molar refractivity (Wildman–Crippen MR) is 83.0 cm³/mol. The molecule has 2 rings (SSSR count). The minimum atomic E-state index is -4.59. The standard InChI is InChI=1S/C15H13ClF3N3O/c1-22(2)10-4-5-12(11(7-10)15(17,18)19)21-14(23)9-3-6-13(16)20-8-9/h3-8H,1-2H3,(H,21,23). The Kier molecular flexibility index (Phi) is 4.79. The van der Waals surface area contributed by atoms with Crippen LogP contribution in [-0.2, 0) is 6.18 Å². The molecule has 0 aliphatic heterocycles. The highest BCUT2D eigenvalue weighted by Crippen LogP contribution is 2.37. The van der Waals surface area contributed by atoms with Gasteiger partial charge in [0, 0.05) is 26.0 Å². The van der Waals surface area contributed by atoms with E-state index in [4.69, 9.17) is 11.6 Å². The van der Waals surface area contributed by atoms with Crippen LogP contribution in [0.15, 0.2) is 36.5 Å². The van der Waals surface area contributed by atoms with E-state index in [-0.39, 0.29) is 16.4 Å². The fraction of sp³-hybridized carbons (Fsp3) is 0.200. The summed E-state index contributed by atoms with van der Waals surface area (Å²) in [5.41, 5.74) is -0.746. The largest absolute Gasteiger partial charge is 0.418 e. The zero-order valence-corrected chi connectivity index (χ0v) is 13.0. The molecule has 0 aliphatic rings. The van der Waals surface area contributed by atoms with Crippen LogP contribution in [0, 0.1) is 0 Å². The van der Waals surface area contributed by atoms with Crippen LogP contribution in [0.1, 0.15) is 15.9 Å². The number of aromatic nitrogens is 1. The Hall–Kier alpha value is -2.28. The van der Waals surface area contributed by atoms with Crippen LogP contribution in [0.3, 0.4) is 0 Å². The van der Waals surface area contributed by atoms with Crippen LogP contribution in [0.5, 0.6) is 0 Å². The van der Waals surface area contributed by atoms with Crippen molar-refractivity contribution >= 4 is 28.9 Å². The number of amides is 1. The predicted octanol–water partition coefficient (Wildman–Crippen LogP) is 4.07. The fourth-order valence-electron chi connectivity index (χ4n) is 1.86. The Balaban J connectivity index is 2.35. The van der Waals surface area contributed by atoms with Gasteiger partial charge in [0.2, 0.25) is 0 Å². The molecule has 1 amide bonds. The number of carbonyl (C=O) groups excluding carboxylic acids is 1. The van der Waals surface area contributed by atoms with Crippen LogP contribution < -0.4 is 10.2 Å². The van der Waals surface area contributed by atoms with Crippen LogP contribution in [0.2, 0.25) is 5.15 Å². The molecule has 0 fully saturated rings. The molecular weight excluding hydrogens is 331 g/mol. The number of hydrogen-bond acceptors (Lipinski definition) is 3. The third-order valence-corrected chi connectivity index (χ3v) is 3.29. The summed E-state index contributed by atoms with van der Waals surface area (Å²) in [7, 11) is 3.26. The summed E-state index contributed by atoms with van der Waals surface area (Å²) in [5.74, 6) is -0.697. The molecule has 0 radical (unpaired) electrons. The van der Waals surface area contributed by atoms with Crippen molar-refractivity contribution in [3.05, 3.63) is 52.8 Å². The molecule has 0 saturated carbocycles. The number of nitrogens with zero attached hydrogens (tertiary/aromatic N) is 2. The lowest BCUT2D eigenvalue weighted by molar-refractivity contribution is -0.136. The van der Waals surface area contributed by atoms with Gasteiger partial charge in [-0.25, -0.2) is 4.98 Å². The zero-order chi connectivity index (χ0) is 17.2. The molecule has 0 atom stereocenters. The molecule has 8 heteroatoms. The fourth-order valence-corrected chi connectivity index (χ4v) is 1.97. The van der Waals surface area contributed by atoms with Crippen molar-refractivity contribution in [1.82, 2.24) is 4.98 Å². The number of benzene rings is 1. The minimum absolute atomic E-state index is 0.110. The quantitative estimate of drug-likeness (QED) is 0.854. The van der Waals surface area contributed by atoms with Gasteiger partial charge in [-0.15, -0.1) is 0 Å². The van der Waals surface area contributed by atoms with Gasteiger partial charge in [0.1, 0.15) is 5.15 Å². The van der Waals surface area contributed by atoms with E-state index in [9.17, 15) is 18.0 Å². The van der Waals surface area contributed by atoms with Gasteiger partial charge < -0.3 is 10.2 Å². The van der Waals surface area contributed by atoms with Gasteiger partial charge in [0.05, 0.1) is 16.8 Å². The highest BCUT2D eigenvalue weighted by atomic mass is 35.5. The van der Waals surface area contributed by atoms with Gasteiger partial charge in [-0.1, -0.05) is 11.6 Å². The molecule has 0 aliphatic carbocycles. The van der Waals surface area contributed by atoms with Crippen molar-refractivity contribution in [3.8, 4) is 0 Å². The lowest BCUT2D eigenvalue weighted by Crippen LogP contribution is -2.18. The lowest BCUT2D eigenvalue weighted by Gasteiger charge is -2.18. The van der Waals surface area contributed by atoms with E-state index in [1.54, 1.807) is 19.0 Å². The second-order valence-electron chi connectivity index (χ2n) is 4.95. The first kappa shape index (κ1) is 17.1.